The molecule has 8 heteroatoms. The van der Waals surface area contributed by atoms with Crippen LogP contribution in [0.1, 0.15) is 44.5 Å². The summed E-state index contributed by atoms with van der Waals surface area (Å²) < 4.78 is 10.5. The van der Waals surface area contributed by atoms with Crippen molar-refractivity contribution in [1.82, 2.24) is 4.98 Å². The molecule has 1 atom stereocenters. The minimum Gasteiger partial charge on any atom is -0.495 e. The molecule has 148 valence electrons. The van der Waals surface area contributed by atoms with E-state index in [1.54, 1.807) is 24.5 Å². The first kappa shape index (κ1) is 19.0. The highest BCUT2D eigenvalue weighted by Crippen LogP contribution is 2.32. The van der Waals surface area contributed by atoms with E-state index in [0.717, 1.165) is 0 Å². The highest BCUT2D eigenvalue weighted by atomic mass is 35.5. The van der Waals surface area contributed by atoms with Crippen molar-refractivity contribution in [1.29, 1.82) is 0 Å². The Labute approximate surface area is 170 Å². The van der Waals surface area contributed by atoms with Crippen molar-refractivity contribution in [3.05, 3.63) is 80.6 Å². The lowest BCUT2D eigenvalue weighted by Gasteiger charge is -2.22. The van der Waals surface area contributed by atoms with Gasteiger partial charge in [-0.3, -0.25) is 14.4 Å². The molecule has 1 amide bonds. The summed E-state index contributed by atoms with van der Waals surface area (Å²) in [6.45, 7) is 0. The van der Waals surface area contributed by atoms with Gasteiger partial charge in [0.05, 0.1) is 18.4 Å². The molecule has 0 bridgehead atoms. The number of H-pyrrole nitrogens is 1. The van der Waals surface area contributed by atoms with Crippen LogP contribution in [0.4, 0.5) is 5.69 Å². The van der Waals surface area contributed by atoms with Gasteiger partial charge in [0.15, 0.2) is 5.78 Å². The van der Waals surface area contributed by atoms with Crippen molar-refractivity contribution in [2.45, 2.75) is 18.8 Å². The Kier molecular flexibility index (Phi) is 4.98. The van der Waals surface area contributed by atoms with Gasteiger partial charge in [0, 0.05) is 29.3 Å². The zero-order chi connectivity index (χ0) is 20.5. The molecule has 0 fully saturated rings. The van der Waals surface area contributed by atoms with Gasteiger partial charge in [-0.25, -0.2) is 0 Å². The van der Waals surface area contributed by atoms with Crippen LogP contribution < -0.4 is 15.6 Å². The van der Waals surface area contributed by atoms with Crippen molar-refractivity contribution in [3.8, 4) is 5.75 Å². The fourth-order valence-corrected chi connectivity index (χ4v) is 3.72. The summed E-state index contributed by atoms with van der Waals surface area (Å²) >= 11 is 6.06. The fraction of sp³-hybridized carbons (Fsp3) is 0.190. The smallest absolute Gasteiger partial charge is 0.261 e. The third kappa shape index (κ3) is 3.69. The van der Waals surface area contributed by atoms with Crippen LogP contribution in [0, 0.1) is 0 Å². The van der Waals surface area contributed by atoms with Crippen molar-refractivity contribution in [2.24, 2.45) is 0 Å². The molecular formula is C21H17ClN2O5. The second kappa shape index (κ2) is 7.60. The van der Waals surface area contributed by atoms with Crippen LogP contribution in [0.15, 0.2) is 51.9 Å². The van der Waals surface area contributed by atoms with Gasteiger partial charge in [0.25, 0.3) is 11.5 Å². The molecule has 4 rings (SSSR count). The number of furan rings is 1. The predicted molar refractivity (Wildman–Crippen MR) is 107 cm³/mol. The van der Waals surface area contributed by atoms with E-state index in [2.05, 4.69) is 10.3 Å². The van der Waals surface area contributed by atoms with Crippen LogP contribution in [0.5, 0.6) is 5.75 Å². The molecule has 0 aliphatic heterocycles. The summed E-state index contributed by atoms with van der Waals surface area (Å²) in [5.41, 5.74) is 0.568. The Balaban J connectivity index is 1.60. The number of pyridine rings is 1. The fourth-order valence-electron chi connectivity index (χ4n) is 3.47. The number of ketones is 1. The van der Waals surface area contributed by atoms with Crippen LogP contribution in [-0.2, 0) is 6.42 Å². The van der Waals surface area contributed by atoms with Gasteiger partial charge in [-0.2, -0.15) is 0 Å². The van der Waals surface area contributed by atoms with E-state index in [4.69, 9.17) is 20.8 Å². The zero-order valence-corrected chi connectivity index (χ0v) is 16.2. The Morgan fingerprint density at radius 3 is 2.76 bits per heavy atom. The molecular weight excluding hydrogens is 396 g/mol. The monoisotopic (exact) mass is 412 g/mol. The molecule has 0 saturated heterocycles. The lowest BCUT2D eigenvalue weighted by molar-refractivity contribution is 0.0959. The first-order chi connectivity index (χ1) is 14.0. The maximum absolute atomic E-state index is 12.6. The summed E-state index contributed by atoms with van der Waals surface area (Å²) in [4.78, 5) is 40.4. The molecule has 2 heterocycles. The standard InChI is InChI=1S/C21H17ClN2O5/c1-28-19-5-4-12(9-15(19)22)23-20(26)14-10-13-16(24-21(14)27)7-11(8-17(13)25)18-3-2-6-29-18/h2-6,9-11H,7-8H2,1H3,(H,23,26)(H,24,27). The maximum atomic E-state index is 12.6. The molecule has 2 N–H and O–H groups in total. The molecule has 0 saturated carbocycles. The van der Waals surface area contributed by atoms with E-state index >= 15 is 0 Å². The van der Waals surface area contributed by atoms with Crippen LogP contribution in [0.2, 0.25) is 5.02 Å². The second-order valence-corrected chi connectivity index (χ2v) is 7.16. The minimum absolute atomic E-state index is 0.137. The van der Waals surface area contributed by atoms with Gasteiger partial charge in [0.2, 0.25) is 0 Å². The van der Waals surface area contributed by atoms with E-state index in [0.29, 0.717) is 39.9 Å². The van der Waals surface area contributed by atoms with Gasteiger partial charge in [-0.05, 0) is 42.8 Å². The lowest BCUT2D eigenvalue weighted by Crippen LogP contribution is -2.29. The average Bonchev–Trinajstić information content (AvgIpc) is 3.22. The summed E-state index contributed by atoms with van der Waals surface area (Å²) in [7, 11) is 1.49. The number of hydrogen-bond acceptors (Lipinski definition) is 5. The molecule has 0 radical (unpaired) electrons. The van der Waals surface area contributed by atoms with Crippen molar-refractivity contribution in [3.63, 3.8) is 0 Å². The Bertz CT molecular complexity index is 1150. The van der Waals surface area contributed by atoms with E-state index in [9.17, 15) is 14.4 Å². The molecule has 1 aliphatic carbocycles. The Morgan fingerprint density at radius 1 is 1.24 bits per heavy atom. The number of hydrogen-bond donors (Lipinski definition) is 2. The quantitative estimate of drug-likeness (QED) is 0.678. The van der Waals surface area contributed by atoms with Gasteiger partial charge in [-0.15, -0.1) is 0 Å². The SMILES string of the molecule is COc1ccc(NC(=O)c2cc3c([nH]c2=O)CC(c2ccco2)CC3=O)cc1Cl. The number of benzene rings is 1. The number of aromatic amines is 1. The molecule has 7 nitrogen and oxygen atoms in total. The number of halogens is 1. The minimum atomic E-state index is -0.628. The molecule has 1 aliphatic rings. The first-order valence-corrected chi connectivity index (χ1v) is 9.31. The van der Waals surface area contributed by atoms with Crippen LogP contribution >= 0.6 is 11.6 Å². The number of methoxy groups -OCH3 is 1. The summed E-state index contributed by atoms with van der Waals surface area (Å²) in [6.07, 6.45) is 2.26. The summed E-state index contributed by atoms with van der Waals surface area (Å²) in [6, 6.07) is 9.65. The van der Waals surface area contributed by atoms with E-state index in [-0.39, 0.29) is 23.7 Å². The zero-order valence-electron chi connectivity index (χ0n) is 15.5. The Hall–Kier alpha value is -3.32. The number of rotatable bonds is 4. The number of fused-ring (bicyclic) bond motifs is 1. The van der Waals surface area contributed by atoms with E-state index < -0.39 is 11.5 Å². The second-order valence-electron chi connectivity index (χ2n) is 6.75. The van der Waals surface area contributed by atoms with Gasteiger partial charge in [0.1, 0.15) is 17.1 Å². The first-order valence-electron chi connectivity index (χ1n) is 8.94. The largest absolute Gasteiger partial charge is 0.495 e. The van der Waals surface area contributed by atoms with E-state index in [1.165, 1.54) is 19.2 Å². The normalized spacial score (nSPS) is 15.7. The van der Waals surface area contributed by atoms with Crippen LogP contribution in [0.3, 0.4) is 0 Å². The van der Waals surface area contributed by atoms with Gasteiger partial charge < -0.3 is 19.5 Å². The molecule has 29 heavy (non-hydrogen) atoms. The number of aromatic nitrogens is 1. The molecule has 2 aromatic heterocycles. The third-order valence-electron chi connectivity index (χ3n) is 4.91. The van der Waals surface area contributed by atoms with Gasteiger partial charge in [-0.1, -0.05) is 11.6 Å². The van der Waals surface area contributed by atoms with Crippen molar-refractivity contribution < 1.29 is 18.7 Å². The van der Waals surface area contributed by atoms with Crippen molar-refractivity contribution >= 4 is 29.0 Å². The highest BCUT2D eigenvalue weighted by Gasteiger charge is 2.30. The van der Waals surface area contributed by atoms with Gasteiger partial charge >= 0.3 is 0 Å². The summed E-state index contributed by atoms with van der Waals surface area (Å²) in [5, 5.41) is 2.94. The number of Topliss-reactive ketones (excluding diaryl/α,β-unsaturated/α-hetero) is 1. The lowest BCUT2D eigenvalue weighted by atomic mass is 9.84. The third-order valence-corrected chi connectivity index (χ3v) is 5.20. The highest BCUT2D eigenvalue weighted by molar-refractivity contribution is 6.32. The molecule has 3 aromatic rings. The number of amides is 1. The topological polar surface area (TPSA) is 101 Å². The number of carbonyl (C=O) groups is 2. The number of carbonyl (C=O) groups excluding carboxylic acids is 2. The Morgan fingerprint density at radius 2 is 2.07 bits per heavy atom. The van der Waals surface area contributed by atoms with Crippen LogP contribution in [0.25, 0.3) is 0 Å². The number of anilines is 1. The predicted octanol–water partition coefficient (Wildman–Crippen LogP) is 3.79. The molecule has 1 aromatic carbocycles. The van der Waals surface area contributed by atoms with E-state index in [1.807, 2.05) is 6.07 Å². The maximum Gasteiger partial charge on any atom is 0.261 e. The molecule has 0 spiro atoms. The van der Waals surface area contributed by atoms with Crippen molar-refractivity contribution in [2.75, 3.05) is 12.4 Å². The van der Waals surface area contributed by atoms with Crippen LogP contribution in [-0.4, -0.2) is 23.8 Å². The number of ether oxygens (including phenoxy) is 1. The number of nitrogens with one attached hydrogen (secondary N) is 2. The average molecular weight is 413 g/mol. The molecule has 1 unspecified atom stereocenters. The summed E-state index contributed by atoms with van der Waals surface area (Å²) in [5.74, 6) is 0.250.